The molecule has 23 heavy (non-hydrogen) atoms. The van der Waals surface area contributed by atoms with Crippen molar-refractivity contribution in [2.45, 2.75) is 63.0 Å². The van der Waals surface area contributed by atoms with Gasteiger partial charge in [-0.15, -0.1) is 0 Å². The number of hydrogen-bond donors (Lipinski definition) is 2. The lowest BCUT2D eigenvalue weighted by molar-refractivity contribution is -0.134. The fourth-order valence-corrected chi connectivity index (χ4v) is 5.40. The number of ether oxygens (including phenoxy) is 1. The minimum absolute atomic E-state index is 0.391. The van der Waals surface area contributed by atoms with E-state index in [0.717, 1.165) is 25.9 Å². The molecule has 2 saturated heterocycles. The standard InChI is InChI=1S/C16H30N2O4S/c1-2-3-5-14-6-4-10-18(11-7-14)23(21)16(15(19)17-20)8-12-22-13-9-16/h14,20H,2-13H2,1H3,(H,17,19). The summed E-state index contributed by atoms with van der Waals surface area (Å²) in [4.78, 5) is 12.2. The number of amides is 1. The number of nitrogens with zero attached hydrogens (tertiary/aromatic N) is 1. The highest BCUT2D eigenvalue weighted by atomic mass is 32.2. The number of carbonyl (C=O) groups is 1. The molecule has 0 aromatic carbocycles. The maximum absolute atomic E-state index is 13.2. The molecule has 2 fully saturated rings. The van der Waals surface area contributed by atoms with Crippen LogP contribution in [0.25, 0.3) is 0 Å². The van der Waals surface area contributed by atoms with E-state index in [1.54, 1.807) is 5.48 Å². The van der Waals surface area contributed by atoms with E-state index >= 15 is 0 Å². The maximum atomic E-state index is 13.2. The van der Waals surface area contributed by atoms with E-state index < -0.39 is 21.6 Å². The highest BCUT2D eigenvalue weighted by Gasteiger charge is 2.48. The van der Waals surface area contributed by atoms with Crippen LogP contribution in [0.4, 0.5) is 0 Å². The smallest absolute Gasteiger partial charge is 0.263 e. The van der Waals surface area contributed by atoms with Gasteiger partial charge in [-0.25, -0.2) is 14.0 Å². The Morgan fingerprint density at radius 3 is 2.74 bits per heavy atom. The molecule has 2 N–H and O–H groups in total. The Balaban J connectivity index is 2.03. The molecule has 2 atom stereocenters. The van der Waals surface area contributed by atoms with Gasteiger partial charge in [-0.3, -0.25) is 10.0 Å². The molecule has 2 rings (SSSR count). The number of rotatable bonds is 6. The molecule has 2 aliphatic heterocycles. The highest BCUT2D eigenvalue weighted by Crippen LogP contribution is 2.32. The van der Waals surface area contributed by atoms with Gasteiger partial charge in [0.2, 0.25) is 0 Å². The number of carbonyl (C=O) groups excluding carboxylic acids is 1. The van der Waals surface area contributed by atoms with Crippen LogP contribution in [-0.2, 0) is 20.5 Å². The van der Waals surface area contributed by atoms with Crippen molar-refractivity contribution in [3.8, 4) is 0 Å². The predicted octanol–water partition coefficient (Wildman–Crippen LogP) is 2.00. The minimum Gasteiger partial charge on any atom is -0.381 e. The van der Waals surface area contributed by atoms with Gasteiger partial charge in [-0.2, -0.15) is 0 Å². The molecule has 134 valence electrons. The predicted molar refractivity (Wildman–Crippen MR) is 89.3 cm³/mol. The fourth-order valence-electron chi connectivity index (χ4n) is 3.62. The first-order chi connectivity index (χ1) is 11.1. The third-order valence-electron chi connectivity index (χ3n) is 5.16. The number of hydroxylamine groups is 1. The van der Waals surface area contributed by atoms with Gasteiger partial charge in [0.05, 0.1) is 0 Å². The van der Waals surface area contributed by atoms with E-state index in [1.165, 1.54) is 25.7 Å². The Morgan fingerprint density at radius 1 is 1.35 bits per heavy atom. The van der Waals surface area contributed by atoms with Crippen molar-refractivity contribution in [3.63, 3.8) is 0 Å². The van der Waals surface area contributed by atoms with Crippen molar-refractivity contribution in [1.82, 2.24) is 9.79 Å². The third kappa shape index (κ3) is 4.53. The molecule has 0 aromatic rings. The number of nitrogens with one attached hydrogen (secondary N) is 1. The molecule has 0 aliphatic carbocycles. The monoisotopic (exact) mass is 346 g/mol. The van der Waals surface area contributed by atoms with Gasteiger partial charge in [0, 0.05) is 26.3 Å². The summed E-state index contributed by atoms with van der Waals surface area (Å²) in [5.41, 5.74) is 1.73. The Morgan fingerprint density at radius 2 is 2.09 bits per heavy atom. The van der Waals surface area contributed by atoms with Gasteiger partial charge in [0.15, 0.2) is 0 Å². The SMILES string of the molecule is CCCCC1CCCN(S(=O)C2(C(=O)NO)CCOCC2)CC1. The third-order valence-corrected chi connectivity index (χ3v) is 7.25. The van der Waals surface area contributed by atoms with Crippen LogP contribution in [-0.4, -0.2) is 50.7 Å². The van der Waals surface area contributed by atoms with E-state index in [-0.39, 0.29) is 0 Å². The van der Waals surface area contributed by atoms with Crippen molar-refractivity contribution in [2.75, 3.05) is 26.3 Å². The lowest BCUT2D eigenvalue weighted by Gasteiger charge is -2.37. The molecule has 2 aliphatic rings. The van der Waals surface area contributed by atoms with Crippen molar-refractivity contribution >= 4 is 16.9 Å². The summed E-state index contributed by atoms with van der Waals surface area (Å²) in [5.74, 6) is 0.167. The van der Waals surface area contributed by atoms with Gasteiger partial charge in [-0.1, -0.05) is 26.2 Å². The Hall–Kier alpha value is -0.500. The van der Waals surface area contributed by atoms with Gasteiger partial charge >= 0.3 is 0 Å². The Labute approximate surface area is 141 Å². The van der Waals surface area contributed by atoms with Crippen LogP contribution in [0, 0.1) is 5.92 Å². The normalized spacial score (nSPS) is 27.1. The van der Waals surface area contributed by atoms with Crippen molar-refractivity contribution in [1.29, 1.82) is 0 Å². The van der Waals surface area contributed by atoms with Gasteiger partial charge in [0.25, 0.3) is 5.91 Å². The summed E-state index contributed by atoms with van der Waals surface area (Å²) in [6.07, 6.45) is 7.73. The molecule has 2 heterocycles. The number of hydrogen-bond acceptors (Lipinski definition) is 4. The summed E-state index contributed by atoms with van der Waals surface area (Å²) in [7, 11) is -1.43. The lowest BCUT2D eigenvalue weighted by atomic mass is 9.95. The van der Waals surface area contributed by atoms with Crippen molar-refractivity contribution in [2.24, 2.45) is 5.92 Å². The highest BCUT2D eigenvalue weighted by molar-refractivity contribution is 7.85. The van der Waals surface area contributed by atoms with Crippen LogP contribution in [0.15, 0.2) is 0 Å². The second kappa shape index (κ2) is 9.11. The van der Waals surface area contributed by atoms with Crippen LogP contribution < -0.4 is 5.48 Å². The summed E-state index contributed by atoms with van der Waals surface area (Å²) in [6.45, 7) is 4.55. The zero-order chi connectivity index (χ0) is 16.7. The first-order valence-electron chi connectivity index (χ1n) is 8.83. The van der Waals surface area contributed by atoms with Crippen molar-refractivity contribution < 1.29 is 18.9 Å². The van der Waals surface area contributed by atoms with Gasteiger partial charge in [-0.05, 0) is 38.0 Å². The summed E-state index contributed by atoms with van der Waals surface area (Å²) >= 11 is 0. The first-order valence-corrected chi connectivity index (χ1v) is 9.94. The molecule has 0 radical (unpaired) electrons. The molecular formula is C16H30N2O4S. The lowest BCUT2D eigenvalue weighted by Crippen LogP contribution is -2.56. The average molecular weight is 346 g/mol. The van der Waals surface area contributed by atoms with E-state index in [9.17, 15) is 9.00 Å². The van der Waals surface area contributed by atoms with E-state index in [1.807, 2.05) is 4.31 Å². The molecule has 0 bridgehead atoms. The molecule has 1 amide bonds. The summed E-state index contributed by atoms with van der Waals surface area (Å²) in [5, 5.41) is 9.10. The molecule has 2 unspecified atom stereocenters. The Kier molecular flexibility index (Phi) is 7.46. The molecular weight excluding hydrogens is 316 g/mol. The van der Waals surface area contributed by atoms with Crippen LogP contribution in [0.3, 0.4) is 0 Å². The molecule has 7 heteroatoms. The van der Waals surface area contributed by atoms with Crippen LogP contribution >= 0.6 is 0 Å². The summed E-state index contributed by atoms with van der Waals surface area (Å²) in [6, 6.07) is 0. The second-order valence-electron chi connectivity index (χ2n) is 6.66. The molecule has 6 nitrogen and oxygen atoms in total. The quantitative estimate of drug-likeness (QED) is 0.569. The van der Waals surface area contributed by atoms with E-state index in [4.69, 9.17) is 9.94 Å². The average Bonchev–Trinajstić information content (AvgIpc) is 2.84. The summed E-state index contributed by atoms with van der Waals surface area (Å²) < 4.78 is 19.4. The topological polar surface area (TPSA) is 78.9 Å². The molecule has 0 spiro atoms. The Bertz CT molecular complexity index is 413. The van der Waals surface area contributed by atoms with E-state index in [2.05, 4.69) is 6.92 Å². The fraction of sp³-hybridized carbons (Fsp3) is 0.938. The zero-order valence-corrected chi connectivity index (χ0v) is 14.9. The van der Waals surface area contributed by atoms with Gasteiger partial charge < -0.3 is 4.74 Å². The minimum atomic E-state index is -1.43. The largest absolute Gasteiger partial charge is 0.381 e. The zero-order valence-electron chi connectivity index (χ0n) is 14.1. The molecule has 0 aromatic heterocycles. The molecule has 0 saturated carbocycles. The second-order valence-corrected chi connectivity index (χ2v) is 8.46. The van der Waals surface area contributed by atoms with Gasteiger partial charge in [0.1, 0.15) is 15.7 Å². The van der Waals surface area contributed by atoms with Crippen LogP contribution in [0.1, 0.15) is 58.3 Å². The first kappa shape index (κ1) is 18.8. The van der Waals surface area contributed by atoms with Crippen LogP contribution in [0.5, 0.6) is 0 Å². The maximum Gasteiger partial charge on any atom is 0.263 e. The van der Waals surface area contributed by atoms with E-state index in [0.29, 0.717) is 32.0 Å². The van der Waals surface area contributed by atoms with Crippen molar-refractivity contribution in [3.05, 3.63) is 0 Å². The van der Waals surface area contributed by atoms with Crippen LogP contribution in [0.2, 0.25) is 0 Å². The number of unbranched alkanes of at least 4 members (excludes halogenated alkanes) is 1.